The van der Waals surface area contributed by atoms with Gasteiger partial charge in [0.2, 0.25) is 4.38 Å². The molecule has 0 radical (unpaired) electrons. The molecule has 1 unspecified atom stereocenters. The Morgan fingerprint density at radius 3 is 3.27 bits per heavy atom. The van der Waals surface area contributed by atoms with Crippen molar-refractivity contribution in [2.24, 2.45) is 0 Å². The Labute approximate surface area is 75.9 Å². The van der Waals surface area contributed by atoms with Crippen LogP contribution in [0.5, 0.6) is 0 Å². The molecule has 1 saturated heterocycles. The van der Waals surface area contributed by atoms with Crippen molar-refractivity contribution in [2.75, 3.05) is 19.0 Å². The fraction of sp³-hybridized carbons (Fsp3) is 0.571. The molecule has 1 aliphatic heterocycles. The van der Waals surface area contributed by atoms with Crippen LogP contribution in [-0.2, 0) is 9.47 Å². The lowest BCUT2D eigenvalue weighted by molar-refractivity contribution is 0.0779. The van der Waals surface area contributed by atoms with Crippen LogP contribution in [0.4, 0.5) is 0 Å². The number of ether oxygens (including phenoxy) is 2. The Kier molecular flexibility index (Phi) is 3.90. The van der Waals surface area contributed by atoms with Crippen LogP contribution in [0.1, 0.15) is 0 Å². The van der Waals surface area contributed by atoms with Crippen LogP contribution in [0.3, 0.4) is 0 Å². The van der Waals surface area contributed by atoms with E-state index in [4.69, 9.17) is 21.7 Å². The maximum absolute atomic E-state index is 5.24. The maximum Gasteiger partial charge on any atom is 0.220 e. The van der Waals surface area contributed by atoms with Gasteiger partial charge in [-0.25, -0.2) is 0 Å². The largest absolute Gasteiger partial charge is 0.472 e. The summed E-state index contributed by atoms with van der Waals surface area (Å²) in [5.41, 5.74) is 0. The Hall–Kier alpha value is -0.0600. The van der Waals surface area contributed by atoms with Gasteiger partial charge in [-0.15, -0.1) is 6.58 Å². The minimum atomic E-state index is 0.146. The van der Waals surface area contributed by atoms with Gasteiger partial charge < -0.3 is 9.47 Å². The Morgan fingerprint density at radius 1 is 1.91 bits per heavy atom. The van der Waals surface area contributed by atoms with E-state index in [1.807, 2.05) is 0 Å². The predicted molar refractivity (Wildman–Crippen MR) is 50.9 cm³/mol. The number of thiocarbonyl (C=S) groups is 1. The fourth-order valence-corrected chi connectivity index (χ4v) is 1.76. The zero-order chi connectivity index (χ0) is 8.10. The molecule has 2 nitrogen and oxygen atoms in total. The summed E-state index contributed by atoms with van der Waals surface area (Å²) in [6, 6.07) is 0. The lowest BCUT2D eigenvalue weighted by Gasteiger charge is -2.07. The smallest absolute Gasteiger partial charge is 0.220 e. The summed E-state index contributed by atoms with van der Waals surface area (Å²) in [7, 11) is 0. The second-order valence-corrected chi connectivity index (χ2v) is 3.75. The van der Waals surface area contributed by atoms with Gasteiger partial charge in [0.05, 0.1) is 13.2 Å². The molecule has 0 N–H and O–H groups in total. The Morgan fingerprint density at radius 2 is 2.73 bits per heavy atom. The summed E-state index contributed by atoms with van der Waals surface area (Å²) in [5.74, 6) is 0.913. The van der Waals surface area contributed by atoms with Gasteiger partial charge in [-0.2, -0.15) is 0 Å². The Balaban J connectivity index is 2.08. The number of hydrogen-bond acceptors (Lipinski definition) is 4. The monoisotopic (exact) mass is 190 g/mol. The minimum Gasteiger partial charge on any atom is -0.472 e. The standard InChI is InChI=1S/C7H10O2S2/c1-2-3-8-4-6-5-11-7(10)9-6/h2,6H,1,3-5H2. The van der Waals surface area contributed by atoms with E-state index in [-0.39, 0.29) is 6.10 Å². The van der Waals surface area contributed by atoms with E-state index in [0.717, 1.165) is 5.75 Å². The molecule has 0 aromatic carbocycles. The van der Waals surface area contributed by atoms with Crippen molar-refractivity contribution >= 4 is 28.4 Å². The molecule has 4 heteroatoms. The minimum absolute atomic E-state index is 0.146. The molecule has 1 rings (SSSR count). The van der Waals surface area contributed by atoms with Crippen LogP contribution in [0.25, 0.3) is 0 Å². The van der Waals surface area contributed by atoms with E-state index in [0.29, 0.717) is 17.6 Å². The van der Waals surface area contributed by atoms with E-state index in [2.05, 4.69) is 6.58 Å². The summed E-state index contributed by atoms with van der Waals surface area (Å²) in [6.07, 6.45) is 1.87. The zero-order valence-electron chi connectivity index (χ0n) is 6.12. The first-order valence-electron chi connectivity index (χ1n) is 3.35. The molecule has 1 heterocycles. The first-order chi connectivity index (χ1) is 5.33. The lowest BCUT2D eigenvalue weighted by atomic mass is 10.4. The number of hydrogen-bond donors (Lipinski definition) is 0. The Bertz CT molecular complexity index is 159. The van der Waals surface area contributed by atoms with E-state index in [1.165, 1.54) is 0 Å². The molecule has 0 aromatic rings. The van der Waals surface area contributed by atoms with Crippen LogP contribution in [0, 0.1) is 0 Å². The zero-order valence-corrected chi connectivity index (χ0v) is 7.75. The van der Waals surface area contributed by atoms with Gasteiger partial charge in [-0.3, -0.25) is 0 Å². The molecule has 0 spiro atoms. The topological polar surface area (TPSA) is 18.5 Å². The maximum atomic E-state index is 5.24. The van der Waals surface area contributed by atoms with Crippen LogP contribution in [0.15, 0.2) is 12.7 Å². The van der Waals surface area contributed by atoms with Crippen molar-refractivity contribution in [3.05, 3.63) is 12.7 Å². The van der Waals surface area contributed by atoms with Gasteiger partial charge in [0.15, 0.2) is 0 Å². The van der Waals surface area contributed by atoms with E-state index in [9.17, 15) is 0 Å². The average Bonchev–Trinajstić information content (AvgIpc) is 2.37. The summed E-state index contributed by atoms with van der Waals surface area (Å²) < 4.78 is 11.1. The van der Waals surface area contributed by atoms with Gasteiger partial charge in [-0.05, 0) is 12.2 Å². The molecule has 1 fully saturated rings. The van der Waals surface area contributed by atoms with Gasteiger partial charge in [0.25, 0.3) is 0 Å². The van der Waals surface area contributed by atoms with Crippen molar-refractivity contribution in [1.29, 1.82) is 0 Å². The molecular weight excluding hydrogens is 180 g/mol. The van der Waals surface area contributed by atoms with Gasteiger partial charge >= 0.3 is 0 Å². The normalized spacial score (nSPS) is 23.3. The SMILES string of the molecule is C=CCOCC1CSC(=S)O1. The highest BCUT2D eigenvalue weighted by Gasteiger charge is 2.20. The van der Waals surface area contributed by atoms with E-state index < -0.39 is 0 Å². The van der Waals surface area contributed by atoms with Crippen LogP contribution < -0.4 is 0 Å². The summed E-state index contributed by atoms with van der Waals surface area (Å²) in [4.78, 5) is 0. The van der Waals surface area contributed by atoms with Crippen LogP contribution >= 0.6 is 24.0 Å². The molecule has 0 saturated carbocycles. The molecule has 1 atom stereocenters. The van der Waals surface area contributed by atoms with Crippen molar-refractivity contribution in [2.45, 2.75) is 6.10 Å². The first-order valence-corrected chi connectivity index (χ1v) is 4.74. The molecule has 62 valence electrons. The van der Waals surface area contributed by atoms with Gasteiger partial charge in [-0.1, -0.05) is 17.8 Å². The highest BCUT2D eigenvalue weighted by molar-refractivity contribution is 8.22. The highest BCUT2D eigenvalue weighted by Crippen LogP contribution is 2.19. The summed E-state index contributed by atoms with van der Waals surface area (Å²) in [6.45, 7) is 4.73. The van der Waals surface area contributed by atoms with E-state index >= 15 is 0 Å². The molecule has 1 aliphatic rings. The summed E-state index contributed by atoms with van der Waals surface area (Å²) >= 11 is 6.41. The molecule has 0 bridgehead atoms. The molecular formula is C7H10O2S2. The van der Waals surface area contributed by atoms with Gasteiger partial charge in [0, 0.05) is 5.75 Å². The third-order valence-electron chi connectivity index (χ3n) is 1.19. The van der Waals surface area contributed by atoms with Crippen molar-refractivity contribution in [3.8, 4) is 0 Å². The quantitative estimate of drug-likeness (QED) is 0.381. The second-order valence-electron chi connectivity index (χ2n) is 2.13. The third-order valence-corrected chi connectivity index (χ3v) is 2.51. The lowest BCUT2D eigenvalue weighted by Crippen LogP contribution is -2.17. The molecule has 0 aliphatic carbocycles. The molecule has 0 amide bonds. The average molecular weight is 190 g/mol. The van der Waals surface area contributed by atoms with Crippen molar-refractivity contribution in [1.82, 2.24) is 0 Å². The second kappa shape index (κ2) is 4.74. The van der Waals surface area contributed by atoms with Crippen molar-refractivity contribution in [3.63, 3.8) is 0 Å². The molecule has 11 heavy (non-hydrogen) atoms. The van der Waals surface area contributed by atoms with Crippen LogP contribution in [-0.4, -0.2) is 29.5 Å². The van der Waals surface area contributed by atoms with Crippen LogP contribution in [0.2, 0.25) is 0 Å². The van der Waals surface area contributed by atoms with E-state index in [1.54, 1.807) is 17.8 Å². The third kappa shape index (κ3) is 3.22. The first kappa shape index (κ1) is 9.03. The van der Waals surface area contributed by atoms with Gasteiger partial charge in [0.1, 0.15) is 6.10 Å². The fourth-order valence-electron chi connectivity index (χ4n) is 0.730. The van der Waals surface area contributed by atoms with Crippen molar-refractivity contribution < 1.29 is 9.47 Å². The number of rotatable bonds is 4. The molecule has 0 aromatic heterocycles. The summed E-state index contributed by atoms with van der Waals surface area (Å²) in [5, 5.41) is 0. The predicted octanol–water partition coefficient (Wildman–Crippen LogP) is 1.61. The number of thioether (sulfide) groups is 1. The highest BCUT2D eigenvalue weighted by atomic mass is 32.2.